The molecule has 6 N–H and O–H groups in total. The normalized spacial score (nSPS) is 17.2. The second-order valence-corrected chi connectivity index (χ2v) is 10.3. The molecule has 0 aromatic carbocycles. The maximum Gasteiger partial charge on any atom is 0.272 e. The first-order valence-corrected chi connectivity index (χ1v) is 10.5. The Morgan fingerprint density at radius 2 is 1.63 bits per heavy atom. The summed E-state index contributed by atoms with van der Waals surface area (Å²) in [5, 5.41) is 22.2. The summed E-state index contributed by atoms with van der Waals surface area (Å²) in [6, 6.07) is -0.753. The summed E-state index contributed by atoms with van der Waals surface area (Å²) in [5.41, 5.74) is 0.623. The van der Waals surface area contributed by atoms with Crippen molar-refractivity contribution in [1.82, 2.24) is 10.8 Å². The van der Waals surface area contributed by atoms with Crippen LogP contribution in [-0.4, -0.2) is 46.2 Å². The standard InChI is InChI=1S/C21H42N4O5/c1-10-14(23-19(30-22)21(7,8)9)16(20(4,5)6)24-17(27)13(11-12(2)3)15(26)18(28)25-29/h12-16,26,29H,10-11,22H2,1-9H3,(H,24,27)(H,25,28). The van der Waals surface area contributed by atoms with E-state index in [0.717, 1.165) is 0 Å². The van der Waals surface area contributed by atoms with Gasteiger partial charge in [0.25, 0.3) is 5.91 Å². The van der Waals surface area contributed by atoms with Gasteiger partial charge in [-0.25, -0.2) is 10.5 Å². The zero-order chi connectivity index (χ0) is 23.9. The number of aliphatic hydroxyl groups is 1. The zero-order valence-electron chi connectivity index (χ0n) is 19.9. The molecule has 0 aromatic rings. The molecule has 0 spiro atoms. The number of hydroxylamine groups is 1. The number of rotatable bonds is 9. The van der Waals surface area contributed by atoms with E-state index in [1.807, 2.05) is 62.3 Å². The molecule has 0 heterocycles. The first-order valence-electron chi connectivity index (χ1n) is 10.5. The second kappa shape index (κ2) is 11.6. The molecule has 0 saturated heterocycles. The highest BCUT2D eigenvalue weighted by Gasteiger charge is 2.39. The Morgan fingerprint density at radius 3 is 1.97 bits per heavy atom. The van der Waals surface area contributed by atoms with Crippen LogP contribution >= 0.6 is 0 Å². The van der Waals surface area contributed by atoms with Crippen LogP contribution in [-0.2, 0) is 14.4 Å². The van der Waals surface area contributed by atoms with Gasteiger partial charge < -0.3 is 15.3 Å². The summed E-state index contributed by atoms with van der Waals surface area (Å²) in [5.74, 6) is 3.36. The lowest BCUT2D eigenvalue weighted by atomic mass is 9.80. The van der Waals surface area contributed by atoms with Crippen LogP contribution in [0.2, 0.25) is 0 Å². The number of carbonyl (C=O) groups is 2. The van der Waals surface area contributed by atoms with Crippen LogP contribution in [0.15, 0.2) is 4.99 Å². The predicted molar refractivity (Wildman–Crippen MR) is 117 cm³/mol. The molecular formula is C21H42N4O5. The summed E-state index contributed by atoms with van der Waals surface area (Å²) in [4.78, 5) is 34.6. The van der Waals surface area contributed by atoms with Crippen LogP contribution in [0, 0.1) is 22.7 Å². The molecule has 2 amide bonds. The van der Waals surface area contributed by atoms with Gasteiger partial charge in [0.1, 0.15) is 6.10 Å². The van der Waals surface area contributed by atoms with Crippen LogP contribution in [0.4, 0.5) is 0 Å². The predicted octanol–water partition coefficient (Wildman–Crippen LogP) is 2.16. The third-order valence-corrected chi connectivity index (χ3v) is 4.89. The maximum atomic E-state index is 13.1. The van der Waals surface area contributed by atoms with Crippen LogP contribution in [0.25, 0.3) is 0 Å². The van der Waals surface area contributed by atoms with Crippen LogP contribution in [0.5, 0.6) is 0 Å². The lowest BCUT2D eigenvalue weighted by molar-refractivity contribution is -0.147. The molecule has 0 fully saturated rings. The van der Waals surface area contributed by atoms with Gasteiger partial charge in [0.15, 0.2) is 0 Å². The van der Waals surface area contributed by atoms with Crippen molar-refractivity contribution in [2.24, 2.45) is 33.6 Å². The van der Waals surface area contributed by atoms with Crippen LogP contribution < -0.4 is 16.7 Å². The lowest BCUT2D eigenvalue weighted by Gasteiger charge is -2.37. The van der Waals surface area contributed by atoms with Crippen molar-refractivity contribution < 1.29 is 24.7 Å². The first kappa shape index (κ1) is 28.3. The maximum absolute atomic E-state index is 13.1. The molecule has 0 aliphatic rings. The van der Waals surface area contributed by atoms with E-state index in [9.17, 15) is 14.7 Å². The van der Waals surface area contributed by atoms with Gasteiger partial charge in [-0.2, -0.15) is 5.90 Å². The van der Waals surface area contributed by atoms with Crippen molar-refractivity contribution in [3.63, 3.8) is 0 Å². The number of hydrogen-bond acceptors (Lipinski definition) is 7. The van der Waals surface area contributed by atoms with E-state index in [1.54, 1.807) is 0 Å². The van der Waals surface area contributed by atoms with E-state index in [1.165, 1.54) is 5.48 Å². The van der Waals surface area contributed by atoms with Crippen molar-refractivity contribution in [2.75, 3.05) is 0 Å². The molecule has 0 bridgehead atoms. The first-order chi connectivity index (χ1) is 13.6. The Kier molecular flexibility index (Phi) is 11.0. The Labute approximate surface area is 180 Å². The Balaban J connectivity index is 6.00. The largest absolute Gasteiger partial charge is 0.396 e. The van der Waals surface area contributed by atoms with Gasteiger partial charge in [-0.05, 0) is 24.2 Å². The second-order valence-electron chi connectivity index (χ2n) is 10.3. The molecular weight excluding hydrogens is 388 g/mol. The minimum absolute atomic E-state index is 0.0492. The molecule has 0 rings (SSSR count). The van der Waals surface area contributed by atoms with Gasteiger partial charge >= 0.3 is 0 Å². The number of amides is 2. The molecule has 0 aliphatic carbocycles. The van der Waals surface area contributed by atoms with E-state index in [4.69, 9.17) is 20.9 Å². The highest BCUT2D eigenvalue weighted by Crippen LogP contribution is 2.28. The molecule has 0 aromatic heterocycles. The number of aliphatic hydroxyl groups excluding tert-OH is 1. The summed E-state index contributed by atoms with van der Waals surface area (Å²) >= 11 is 0. The van der Waals surface area contributed by atoms with Crippen molar-refractivity contribution in [1.29, 1.82) is 0 Å². The van der Waals surface area contributed by atoms with E-state index >= 15 is 0 Å². The highest BCUT2D eigenvalue weighted by molar-refractivity contribution is 5.89. The quantitative estimate of drug-likeness (QED) is 0.164. The monoisotopic (exact) mass is 430 g/mol. The van der Waals surface area contributed by atoms with Gasteiger partial charge in [0.05, 0.1) is 18.0 Å². The van der Waals surface area contributed by atoms with Gasteiger partial charge in [-0.3, -0.25) is 14.8 Å². The van der Waals surface area contributed by atoms with Crippen LogP contribution in [0.1, 0.15) is 75.2 Å². The molecule has 0 radical (unpaired) electrons. The summed E-state index contributed by atoms with van der Waals surface area (Å²) < 4.78 is 0. The smallest absolute Gasteiger partial charge is 0.272 e. The van der Waals surface area contributed by atoms with E-state index in [0.29, 0.717) is 12.3 Å². The van der Waals surface area contributed by atoms with Crippen molar-refractivity contribution in [2.45, 2.75) is 93.3 Å². The van der Waals surface area contributed by atoms with Gasteiger partial charge in [-0.15, -0.1) is 0 Å². The summed E-state index contributed by atoms with van der Waals surface area (Å²) in [6.45, 7) is 17.4. The van der Waals surface area contributed by atoms with Gasteiger partial charge in [0.2, 0.25) is 11.8 Å². The SMILES string of the molecule is CCC(N=C(ON)C(C)(C)C)C(NC(=O)C(CC(C)C)C(O)C(=O)NO)C(C)(C)C. The number of nitrogens with zero attached hydrogens (tertiary/aromatic N) is 1. The minimum atomic E-state index is -1.67. The van der Waals surface area contributed by atoms with Crippen molar-refractivity contribution in [3.8, 4) is 0 Å². The highest BCUT2D eigenvalue weighted by atomic mass is 16.6. The van der Waals surface area contributed by atoms with E-state index in [2.05, 4.69) is 5.32 Å². The number of carbonyl (C=O) groups excluding carboxylic acids is 2. The molecule has 9 nitrogen and oxygen atoms in total. The number of aliphatic imine (C=N–C) groups is 1. The number of nitrogens with one attached hydrogen (secondary N) is 2. The Hall–Kier alpha value is -1.71. The summed E-state index contributed by atoms with van der Waals surface area (Å²) in [7, 11) is 0. The number of nitrogens with two attached hydrogens (primary N) is 1. The molecule has 0 saturated carbocycles. The molecule has 30 heavy (non-hydrogen) atoms. The molecule has 0 aliphatic heterocycles. The fraction of sp³-hybridized carbons (Fsp3) is 0.857. The lowest BCUT2D eigenvalue weighted by Crippen LogP contribution is -2.55. The summed E-state index contributed by atoms with van der Waals surface area (Å²) in [6.07, 6.45) is -0.782. The van der Waals surface area contributed by atoms with Crippen molar-refractivity contribution in [3.05, 3.63) is 0 Å². The topological polar surface area (TPSA) is 146 Å². The zero-order valence-corrected chi connectivity index (χ0v) is 19.9. The van der Waals surface area contributed by atoms with Crippen LogP contribution in [0.3, 0.4) is 0 Å². The average Bonchev–Trinajstić information content (AvgIpc) is 2.62. The third-order valence-electron chi connectivity index (χ3n) is 4.89. The molecule has 9 heteroatoms. The Bertz CT molecular complexity index is 593. The average molecular weight is 431 g/mol. The molecule has 4 unspecified atom stereocenters. The minimum Gasteiger partial charge on any atom is -0.396 e. The molecule has 176 valence electrons. The number of hydrogen-bond donors (Lipinski definition) is 5. The molecule has 4 atom stereocenters. The van der Waals surface area contributed by atoms with Crippen molar-refractivity contribution >= 4 is 17.7 Å². The van der Waals surface area contributed by atoms with E-state index < -0.39 is 35.3 Å². The Morgan fingerprint density at radius 1 is 1.10 bits per heavy atom. The fourth-order valence-corrected chi connectivity index (χ4v) is 3.24. The third kappa shape index (κ3) is 8.57. The van der Waals surface area contributed by atoms with Gasteiger partial charge in [0, 0.05) is 5.41 Å². The van der Waals surface area contributed by atoms with E-state index in [-0.39, 0.29) is 23.8 Å². The fourth-order valence-electron chi connectivity index (χ4n) is 3.24. The van der Waals surface area contributed by atoms with Gasteiger partial charge in [-0.1, -0.05) is 62.3 Å².